The Morgan fingerprint density at radius 3 is 2.45 bits per heavy atom. The number of anilines is 1. The summed E-state index contributed by atoms with van der Waals surface area (Å²) in [6.45, 7) is 1.92. The van der Waals surface area contributed by atoms with E-state index in [1.54, 1.807) is 43.5 Å². The number of nitrogens with zero attached hydrogens (tertiary/aromatic N) is 1. The molecule has 31 heavy (non-hydrogen) atoms. The number of benzene rings is 2. The van der Waals surface area contributed by atoms with Crippen molar-refractivity contribution in [1.82, 2.24) is 4.98 Å². The van der Waals surface area contributed by atoms with Gasteiger partial charge < -0.3 is 19.9 Å². The molecule has 0 radical (unpaired) electrons. The maximum Gasteiger partial charge on any atom is 0.573 e. The van der Waals surface area contributed by atoms with Crippen molar-refractivity contribution in [3.8, 4) is 22.6 Å². The number of alkyl halides is 3. The molecule has 0 saturated heterocycles. The van der Waals surface area contributed by atoms with Crippen molar-refractivity contribution in [3.63, 3.8) is 0 Å². The van der Waals surface area contributed by atoms with Crippen molar-refractivity contribution in [2.75, 3.05) is 12.4 Å². The number of halogens is 3. The normalized spacial score (nSPS) is 11.1. The molecule has 0 amide bonds. The number of aryl methyl sites for hydroxylation is 1. The zero-order chi connectivity index (χ0) is 22.6. The van der Waals surface area contributed by atoms with Crippen LogP contribution in [-0.4, -0.2) is 29.5 Å². The van der Waals surface area contributed by atoms with Crippen LogP contribution in [0.2, 0.25) is 0 Å². The second-order valence-electron chi connectivity index (χ2n) is 6.71. The molecule has 0 aliphatic carbocycles. The van der Waals surface area contributed by atoms with Crippen LogP contribution in [0.15, 0.2) is 54.7 Å². The van der Waals surface area contributed by atoms with E-state index in [9.17, 15) is 23.1 Å². The number of nitrogens with one attached hydrogen (secondary N) is 1. The fourth-order valence-corrected chi connectivity index (χ4v) is 3.04. The Labute approximate surface area is 176 Å². The van der Waals surface area contributed by atoms with Crippen molar-refractivity contribution in [3.05, 3.63) is 71.4 Å². The molecule has 0 aliphatic rings. The number of hydrogen-bond acceptors (Lipinski definition) is 5. The van der Waals surface area contributed by atoms with E-state index in [4.69, 9.17) is 4.74 Å². The topological polar surface area (TPSA) is 80.7 Å². The lowest BCUT2D eigenvalue weighted by atomic mass is 10.0. The van der Waals surface area contributed by atoms with Crippen molar-refractivity contribution in [1.29, 1.82) is 0 Å². The molecule has 3 rings (SSSR count). The standard InChI is InChI=1S/C22H19F3N2O4/c1-13-7-14(9-17(8-13)31-22(23,24)25)11-26-20-6-4-16(12-27-20)15-3-5-19(30-2)18(10-15)21(28)29/h3-10,12H,11H2,1-2H3,(H,26,27)(H,28,29). The Morgan fingerprint density at radius 1 is 1.10 bits per heavy atom. The quantitative estimate of drug-likeness (QED) is 0.529. The van der Waals surface area contributed by atoms with Crippen molar-refractivity contribution in [2.24, 2.45) is 0 Å². The molecule has 0 spiro atoms. The second kappa shape index (κ2) is 8.95. The van der Waals surface area contributed by atoms with E-state index < -0.39 is 12.3 Å². The molecule has 0 saturated carbocycles. The minimum atomic E-state index is -4.75. The number of hydrogen-bond donors (Lipinski definition) is 2. The van der Waals surface area contributed by atoms with Gasteiger partial charge in [-0.3, -0.25) is 0 Å². The number of ether oxygens (including phenoxy) is 2. The minimum Gasteiger partial charge on any atom is -0.496 e. The number of methoxy groups -OCH3 is 1. The van der Waals surface area contributed by atoms with Crippen LogP contribution in [0.25, 0.3) is 11.1 Å². The summed E-state index contributed by atoms with van der Waals surface area (Å²) in [5.74, 6) is -0.608. The molecule has 0 atom stereocenters. The van der Waals surface area contributed by atoms with Gasteiger partial charge in [0.05, 0.1) is 7.11 Å². The van der Waals surface area contributed by atoms with Crippen LogP contribution in [0.4, 0.5) is 19.0 Å². The third-order valence-corrected chi connectivity index (χ3v) is 4.34. The molecule has 9 heteroatoms. The first-order valence-electron chi connectivity index (χ1n) is 9.12. The van der Waals surface area contributed by atoms with Crippen molar-refractivity contribution >= 4 is 11.8 Å². The number of carbonyl (C=O) groups is 1. The van der Waals surface area contributed by atoms with Gasteiger partial charge in [0.25, 0.3) is 0 Å². The first kappa shape index (κ1) is 21.9. The number of rotatable bonds is 7. The number of carboxylic acid groups (broad SMARTS) is 1. The zero-order valence-electron chi connectivity index (χ0n) is 16.7. The average molecular weight is 432 g/mol. The van der Waals surface area contributed by atoms with E-state index in [2.05, 4.69) is 15.0 Å². The van der Waals surface area contributed by atoms with Crippen LogP contribution in [0.3, 0.4) is 0 Å². The van der Waals surface area contributed by atoms with Gasteiger partial charge in [-0.1, -0.05) is 12.1 Å². The number of aromatic nitrogens is 1. The third kappa shape index (κ3) is 5.88. The largest absolute Gasteiger partial charge is 0.573 e. The second-order valence-corrected chi connectivity index (χ2v) is 6.71. The summed E-state index contributed by atoms with van der Waals surface area (Å²) in [6.07, 6.45) is -3.18. The van der Waals surface area contributed by atoms with Gasteiger partial charge in [-0.15, -0.1) is 13.2 Å². The summed E-state index contributed by atoms with van der Waals surface area (Å²) in [6, 6.07) is 12.6. The maximum atomic E-state index is 12.5. The molecular weight excluding hydrogens is 413 g/mol. The summed E-state index contributed by atoms with van der Waals surface area (Å²) in [7, 11) is 1.40. The van der Waals surface area contributed by atoms with Crippen molar-refractivity contribution < 1.29 is 32.5 Å². The maximum absolute atomic E-state index is 12.5. The third-order valence-electron chi connectivity index (χ3n) is 4.34. The SMILES string of the molecule is COc1ccc(-c2ccc(NCc3cc(C)cc(OC(F)(F)F)c3)nc2)cc1C(=O)O. The Kier molecular flexibility index (Phi) is 6.33. The van der Waals surface area contributed by atoms with E-state index in [0.717, 1.165) is 0 Å². The lowest BCUT2D eigenvalue weighted by Gasteiger charge is -2.12. The summed E-state index contributed by atoms with van der Waals surface area (Å²) in [4.78, 5) is 15.7. The summed E-state index contributed by atoms with van der Waals surface area (Å²) in [5, 5.41) is 12.4. The zero-order valence-corrected chi connectivity index (χ0v) is 16.7. The van der Waals surface area contributed by atoms with Crippen LogP contribution >= 0.6 is 0 Å². The van der Waals surface area contributed by atoms with Crippen LogP contribution < -0.4 is 14.8 Å². The average Bonchev–Trinajstić information content (AvgIpc) is 2.70. The molecule has 1 heterocycles. The lowest BCUT2D eigenvalue weighted by Crippen LogP contribution is -2.17. The van der Waals surface area contributed by atoms with Gasteiger partial charge in [0, 0.05) is 18.3 Å². The van der Waals surface area contributed by atoms with Crippen LogP contribution in [0.5, 0.6) is 11.5 Å². The highest BCUT2D eigenvalue weighted by molar-refractivity contribution is 5.92. The molecule has 2 aromatic carbocycles. The summed E-state index contributed by atoms with van der Waals surface area (Å²) < 4.78 is 46.4. The monoisotopic (exact) mass is 432 g/mol. The molecule has 3 aromatic rings. The molecule has 0 unspecified atom stereocenters. The Hall–Kier alpha value is -3.75. The van der Waals surface area contributed by atoms with E-state index >= 15 is 0 Å². The highest BCUT2D eigenvalue weighted by Gasteiger charge is 2.31. The van der Waals surface area contributed by atoms with E-state index in [1.807, 2.05) is 0 Å². The minimum absolute atomic E-state index is 0.0403. The van der Waals surface area contributed by atoms with Crippen LogP contribution in [0.1, 0.15) is 21.5 Å². The fraction of sp³-hybridized carbons (Fsp3) is 0.182. The summed E-state index contributed by atoms with van der Waals surface area (Å²) in [5.41, 5.74) is 2.64. The number of aromatic carboxylic acids is 1. The molecule has 162 valence electrons. The Balaban J connectivity index is 1.72. The van der Waals surface area contributed by atoms with Gasteiger partial charge in [-0.05, 0) is 60.0 Å². The highest BCUT2D eigenvalue weighted by atomic mass is 19.4. The molecule has 6 nitrogen and oxygen atoms in total. The number of carboxylic acids is 1. The van der Waals surface area contributed by atoms with E-state index in [1.165, 1.54) is 25.3 Å². The molecule has 0 fully saturated rings. The van der Waals surface area contributed by atoms with Crippen molar-refractivity contribution in [2.45, 2.75) is 19.8 Å². The van der Waals surface area contributed by atoms with Gasteiger partial charge in [-0.25, -0.2) is 9.78 Å². The van der Waals surface area contributed by atoms with Gasteiger partial charge >= 0.3 is 12.3 Å². The number of pyridine rings is 1. The smallest absolute Gasteiger partial charge is 0.496 e. The predicted molar refractivity (Wildman–Crippen MR) is 108 cm³/mol. The van der Waals surface area contributed by atoms with E-state index in [0.29, 0.717) is 28.1 Å². The lowest BCUT2D eigenvalue weighted by molar-refractivity contribution is -0.274. The molecule has 0 bridgehead atoms. The van der Waals surface area contributed by atoms with Crippen LogP contribution in [-0.2, 0) is 6.54 Å². The molecule has 1 aromatic heterocycles. The summed E-state index contributed by atoms with van der Waals surface area (Å²) >= 11 is 0. The molecule has 0 aliphatic heterocycles. The first-order chi connectivity index (χ1) is 14.6. The molecular formula is C22H19F3N2O4. The van der Waals surface area contributed by atoms with Gasteiger partial charge in [0.1, 0.15) is 22.9 Å². The predicted octanol–water partition coefficient (Wildman–Crippen LogP) is 5.27. The Morgan fingerprint density at radius 2 is 1.84 bits per heavy atom. The fourth-order valence-electron chi connectivity index (χ4n) is 3.04. The van der Waals surface area contributed by atoms with Crippen LogP contribution in [0, 0.1) is 6.92 Å². The van der Waals surface area contributed by atoms with Gasteiger partial charge in [0.2, 0.25) is 0 Å². The highest BCUT2D eigenvalue weighted by Crippen LogP contribution is 2.28. The van der Waals surface area contributed by atoms with Gasteiger partial charge in [-0.2, -0.15) is 0 Å². The van der Waals surface area contributed by atoms with E-state index in [-0.39, 0.29) is 23.6 Å². The molecule has 2 N–H and O–H groups in total. The first-order valence-corrected chi connectivity index (χ1v) is 9.12. The van der Waals surface area contributed by atoms with Gasteiger partial charge in [0.15, 0.2) is 0 Å². The Bertz CT molecular complexity index is 1080.